The molecular formula is C20H16N2O7. The number of hydrogen-bond donors (Lipinski definition) is 0. The molecule has 0 radical (unpaired) electrons. The fourth-order valence-corrected chi connectivity index (χ4v) is 4.16. The monoisotopic (exact) mass is 396 g/mol. The lowest BCUT2D eigenvalue weighted by molar-refractivity contribution is -0.226. The Labute approximate surface area is 165 Å². The van der Waals surface area contributed by atoms with Crippen LogP contribution in [0.4, 0.5) is 5.69 Å². The van der Waals surface area contributed by atoms with Crippen LogP contribution in [0.15, 0.2) is 36.4 Å². The summed E-state index contributed by atoms with van der Waals surface area (Å²) in [7, 11) is 0. The average Bonchev–Trinajstić information content (AvgIpc) is 3.32. The van der Waals surface area contributed by atoms with Crippen LogP contribution in [-0.2, 0) is 33.4 Å². The molecule has 9 heteroatoms. The van der Waals surface area contributed by atoms with Crippen LogP contribution in [-0.4, -0.2) is 41.7 Å². The zero-order valence-electron chi connectivity index (χ0n) is 15.5. The van der Waals surface area contributed by atoms with E-state index in [2.05, 4.69) is 0 Å². The van der Waals surface area contributed by atoms with E-state index >= 15 is 0 Å². The van der Waals surface area contributed by atoms with Crippen molar-refractivity contribution in [3.8, 4) is 6.07 Å². The van der Waals surface area contributed by atoms with Crippen molar-refractivity contribution in [3.63, 3.8) is 0 Å². The van der Waals surface area contributed by atoms with Gasteiger partial charge in [-0.15, -0.1) is 0 Å². The summed E-state index contributed by atoms with van der Waals surface area (Å²) in [4.78, 5) is 50.5. The van der Waals surface area contributed by atoms with E-state index in [0.717, 1.165) is 18.7 Å². The highest BCUT2D eigenvalue weighted by molar-refractivity contribution is 6.23. The molecule has 2 saturated heterocycles. The Morgan fingerprint density at radius 3 is 2.31 bits per heavy atom. The Morgan fingerprint density at radius 1 is 1.14 bits per heavy atom. The third kappa shape index (κ3) is 2.72. The Kier molecular flexibility index (Phi) is 4.24. The maximum atomic E-state index is 13.3. The number of carbonyl (C=O) groups is 4. The maximum Gasteiger partial charge on any atom is 0.305 e. The third-order valence-electron chi connectivity index (χ3n) is 5.25. The molecule has 9 nitrogen and oxygen atoms in total. The normalized spacial score (nSPS) is 29.2. The van der Waals surface area contributed by atoms with Gasteiger partial charge in [-0.2, -0.15) is 5.26 Å². The summed E-state index contributed by atoms with van der Waals surface area (Å²) in [6, 6.07) is 8.00. The third-order valence-corrected chi connectivity index (χ3v) is 5.25. The first kappa shape index (κ1) is 18.8. The Bertz CT molecular complexity index is 977. The zero-order chi connectivity index (χ0) is 20.9. The van der Waals surface area contributed by atoms with Gasteiger partial charge in [0.2, 0.25) is 11.8 Å². The number of anilines is 1. The van der Waals surface area contributed by atoms with E-state index in [1.54, 1.807) is 6.08 Å². The highest BCUT2D eigenvalue weighted by Crippen LogP contribution is 2.54. The number of rotatable bonds is 4. The fourth-order valence-electron chi connectivity index (χ4n) is 4.16. The molecule has 0 N–H and O–H groups in total. The van der Waals surface area contributed by atoms with E-state index in [9.17, 15) is 19.2 Å². The predicted octanol–water partition coefficient (Wildman–Crippen LogP) is 0.824. The zero-order valence-corrected chi connectivity index (χ0v) is 15.5. The summed E-state index contributed by atoms with van der Waals surface area (Å²) in [5.41, 5.74) is -0.875. The van der Waals surface area contributed by atoms with Crippen molar-refractivity contribution in [1.82, 2.24) is 0 Å². The van der Waals surface area contributed by atoms with E-state index in [4.69, 9.17) is 19.5 Å². The van der Waals surface area contributed by atoms with Crippen molar-refractivity contribution in [3.05, 3.63) is 42.0 Å². The molecule has 1 aromatic carbocycles. The van der Waals surface area contributed by atoms with E-state index < -0.39 is 53.6 Å². The van der Waals surface area contributed by atoms with Crippen LogP contribution in [0.3, 0.4) is 0 Å². The molecule has 3 aliphatic rings. The first-order chi connectivity index (χ1) is 13.8. The Morgan fingerprint density at radius 2 is 1.76 bits per heavy atom. The van der Waals surface area contributed by atoms with Gasteiger partial charge in [0.1, 0.15) is 0 Å². The first-order valence-corrected chi connectivity index (χ1v) is 8.88. The minimum Gasteiger partial charge on any atom is -0.422 e. The molecule has 29 heavy (non-hydrogen) atoms. The largest absolute Gasteiger partial charge is 0.422 e. The number of benzene rings is 1. The fraction of sp³-hybridized carbons (Fsp3) is 0.350. The number of nitriles is 1. The molecule has 0 aliphatic carbocycles. The number of amides is 2. The van der Waals surface area contributed by atoms with Gasteiger partial charge in [-0.3, -0.25) is 19.2 Å². The van der Waals surface area contributed by atoms with Crippen molar-refractivity contribution < 1.29 is 33.4 Å². The number of carbonyl (C=O) groups excluding carboxylic acids is 4. The summed E-state index contributed by atoms with van der Waals surface area (Å²) in [5.74, 6) is -4.34. The van der Waals surface area contributed by atoms with Gasteiger partial charge in [-0.1, -0.05) is 6.08 Å². The van der Waals surface area contributed by atoms with Gasteiger partial charge in [0.05, 0.1) is 35.3 Å². The summed E-state index contributed by atoms with van der Waals surface area (Å²) >= 11 is 0. The molecular weight excluding hydrogens is 380 g/mol. The van der Waals surface area contributed by atoms with Gasteiger partial charge >= 0.3 is 11.9 Å². The smallest absolute Gasteiger partial charge is 0.305 e. The number of hydrogen-bond acceptors (Lipinski definition) is 8. The molecule has 2 bridgehead atoms. The summed E-state index contributed by atoms with van der Waals surface area (Å²) in [6.45, 7) is 2.28. The topological polar surface area (TPSA) is 123 Å². The molecule has 3 aliphatic heterocycles. The number of nitrogens with zero attached hydrogens (tertiary/aromatic N) is 2. The van der Waals surface area contributed by atoms with Gasteiger partial charge in [-0.05, 0) is 30.3 Å². The highest BCUT2D eigenvalue weighted by Gasteiger charge is 2.72. The van der Waals surface area contributed by atoms with Crippen LogP contribution in [0.2, 0.25) is 0 Å². The second-order valence-corrected chi connectivity index (χ2v) is 7.02. The number of imide groups is 1. The van der Waals surface area contributed by atoms with Crippen LogP contribution in [0.1, 0.15) is 19.4 Å². The number of ether oxygens (including phenoxy) is 3. The average molecular weight is 396 g/mol. The van der Waals surface area contributed by atoms with Crippen molar-refractivity contribution in [2.45, 2.75) is 31.8 Å². The van der Waals surface area contributed by atoms with E-state index in [1.165, 1.54) is 30.3 Å². The van der Waals surface area contributed by atoms with Gasteiger partial charge in [0.15, 0.2) is 5.60 Å². The molecule has 148 valence electrons. The highest BCUT2D eigenvalue weighted by atomic mass is 16.7. The first-order valence-electron chi connectivity index (χ1n) is 8.88. The lowest BCUT2D eigenvalue weighted by Gasteiger charge is -2.34. The van der Waals surface area contributed by atoms with Crippen molar-refractivity contribution in [1.29, 1.82) is 5.26 Å². The minimum atomic E-state index is -1.58. The van der Waals surface area contributed by atoms with Gasteiger partial charge in [-0.25, -0.2) is 4.90 Å². The molecule has 2 amide bonds. The molecule has 0 aromatic heterocycles. The van der Waals surface area contributed by atoms with Crippen LogP contribution in [0, 0.1) is 23.2 Å². The van der Waals surface area contributed by atoms with Crippen LogP contribution in [0.25, 0.3) is 0 Å². The lowest BCUT2D eigenvalue weighted by Crippen LogP contribution is -2.52. The molecule has 3 heterocycles. The molecule has 0 unspecified atom stereocenters. The molecule has 4 atom stereocenters. The van der Waals surface area contributed by atoms with Gasteiger partial charge < -0.3 is 14.2 Å². The quantitative estimate of drug-likeness (QED) is 0.317. The van der Waals surface area contributed by atoms with E-state index in [1.807, 2.05) is 6.07 Å². The summed E-state index contributed by atoms with van der Waals surface area (Å²) in [5, 5.41) is 8.94. The Balaban J connectivity index is 1.73. The predicted molar refractivity (Wildman–Crippen MR) is 94.7 cm³/mol. The Hall–Kier alpha value is -3.51. The molecule has 2 fully saturated rings. The second-order valence-electron chi connectivity index (χ2n) is 7.02. The summed E-state index contributed by atoms with van der Waals surface area (Å²) < 4.78 is 16.2. The van der Waals surface area contributed by atoms with Crippen molar-refractivity contribution in [2.24, 2.45) is 11.8 Å². The maximum absolute atomic E-state index is 13.3. The van der Waals surface area contributed by atoms with Crippen molar-refractivity contribution >= 4 is 29.4 Å². The van der Waals surface area contributed by atoms with Crippen LogP contribution < -0.4 is 4.90 Å². The molecule has 4 rings (SSSR count). The van der Waals surface area contributed by atoms with E-state index in [0.29, 0.717) is 11.3 Å². The van der Waals surface area contributed by atoms with Crippen LogP contribution in [0.5, 0.6) is 0 Å². The van der Waals surface area contributed by atoms with Crippen molar-refractivity contribution in [2.75, 3.05) is 4.90 Å². The van der Waals surface area contributed by atoms with Crippen LogP contribution >= 0.6 is 0 Å². The summed E-state index contributed by atoms with van der Waals surface area (Å²) in [6.07, 6.45) is 0.900. The lowest BCUT2D eigenvalue weighted by atomic mass is 9.76. The second kappa shape index (κ2) is 6.53. The molecule has 0 saturated carbocycles. The number of fused-ring (bicyclic) bond motifs is 5. The van der Waals surface area contributed by atoms with Gasteiger partial charge in [0.25, 0.3) is 6.29 Å². The minimum absolute atomic E-state index is 0.319. The molecule has 1 aromatic rings. The van der Waals surface area contributed by atoms with Gasteiger partial charge in [0, 0.05) is 13.8 Å². The molecule has 0 spiro atoms. The SMILES string of the molecule is CC(=O)OC(OC(C)=O)[C@@]12C=C[C@@H](O1)[C@@H]1C(=O)N(c3ccc(C#N)cc3)C(=O)[C@@H]12. The standard InChI is InChI=1S/C20H16N2O7/c1-10(23)27-19(28-11(2)24)20-8-7-14(29-20)15-16(20)18(26)22(17(15)25)13-5-3-12(9-21)4-6-13/h3-8,14-16,19H,1-2H3/t14-,15+,16-,20+/m1/s1. The number of esters is 2. The van der Waals surface area contributed by atoms with E-state index in [-0.39, 0.29) is 0 Å².